The van der Waals surface area contributed by atoms with E-state index in [0.717, 1.165) is 58.3 Å². The average molecular weight is 318 g/mol. The molecule has 2 aliphatic rings. The minimum Gasteiger partial charge on any atom is -0.342 e. The summed E-state index contributed by atoms with van der Waals surface area (Å²) in [6, 6.07) is 6.83. The maximum Gasteiger partial charge on any atom is 0.226 e. The van der Waals surface area contributed by atoms with Gasteiger partial charge in [0.2, 0.25) is 5.91 Å². The van der Waals surface area contributed by atoms with Crippen molar-refractivity contribution in [1.29, 1.82) is 0 Å². The van der Waals surface area contributed by atoms with Gasteiger partial charge in [0.25, 0.3) is 0 Å². The van der Waals surface area contributed by atoms with Crippen molar-refractivity contribution in [1.82, 2.24) is 9.80 Å². The molecule has 3 rings (SSSR count). The number of carbonyl (C=O) groups is 1. The third-order valence-corrected chi connectivity index (χ3v) is 5.34. The van der Waals surface area contributed by atoms with Crippen molar-refractivity contribution in [2.45, 2.75) is 32.1 Å². The standard InChI is InChI=1S/C19H27FN2O/c1-21-10-2-3-17(14-21)19(23)22-11-8-16(9-12-22)13-15-4-6-18(20)7-5-15/h4-7,16-17H,2-3,8-14H2,1H3. The Hall–Kier alpha value is -1.42. The zero-order valence-electron chi connectivity index (χ0n) is 14.0. The van der Waals surface area contributed by atoms with Crippen LogP contribution in [0.1, 0.15) is 31.2 Å². The van der Waals surface area contributed by atoms with Gasteiger partial charge >= 0.3 is 0 Å². The van der Waals surface area contributed by atoms with Crippen LogP contribution in [0.4, 0.5) is 4.39 Å². The van der Waals surface area contributed by atoms with E-state index in [1.807, 2.05) is 12.1 Å². The lowest BCUT2D eigenvalue weighted by Gasteiger charge is -2.37. The molecule has 2 saturated heterocycles. The highest BCUT2D eigenvalue weighted by Crippen LogP contribution is 2.25. The molecule has 0 radical (unpaired) electrons. The fraction of sp³-hybridized carbons (Fsp3) is 0.632. The van der Waals surface area contributed by atoms with Crippen molar-refractivity contribution in [3.05, 3.63) is 35.6 Å². The minimum absolute atomic E-state index is 0.174. The highest BCUT2D eigenvalue weighted by atomic mass is 19.1. The molecule has 1 atom stereocenters. The van der Waals surface area contributed by atoms with Crippen LogP contribution >= 0.6 is 0 Å². The number of carbonyl (C=O) groups excluding carboxylic acids is 1. The Balaban J connectivity index is 1.48. The minimum atomic E-state index is -0.174. The summed E-state index contributed by atoms with van der Waals surface area (Å²) in [4.78, 5) is 17.0. The van der Waals surface area contributed by atoms with E-state index in [-0.39, 0.29) is 11.7 Å². The molecule has 3 nitrogen and oxygen atoms in total. The number of hydrogen-bond acceptors (Lipinski definition) is 2. The second-order valence-electron chi connectivity index (χ2n) is 7.20. The lowest BCUT2D eigenvalue weighted by Crippen LogP contribution is -2.46. The second kappa shape index (κ2) is 7.43. The molecule has 0 N–H and O–H groups in total. The monoisotopic (exact) mass is 318 g/mol. The van der Waals surface area contributed by atoms with E-state index in [1.165, 1.54) is 17.7 Å². The van der Waals surface area contributed by atoms with Crippen molar-refractivity contribution < 1.29 is 9.18 Å². The molecule has 126 valence electrons. The third kappa shape index (κ3) is 4.31. The van der Waals surface area contributed by atoms with Crippen molar-refractivity contribution in [2.75, 3.05) is 33.2 Å². The molecule has 2 fully saturated rings. The molecule has 23 heavy (non-hydrogen) atoms. The largest absolute Gasteiger partial charge is 0.342 e. The quantitative estimate of drug-likeness (QED) is 0.855. The summed E-state index contributed by atoms with van der Waals surface area (Å²) in [6.07, 6.45) is 5.29. The third-order valence-electron chi connectivity index (χ3n) is 5.34. The highest BCUT2D eigenvalue weighted by Gasteiger charge is 2.30. The van der Waals surface area contributed by atoms with Crippen molar-refractivity contribution in [2.24, 2.45) is 11.8 Å². The van der Waals surface area contributed by atoms with Crippen molar-refractivity contribution in [3.63, 3.8) is 0 Å². The van der Waals surface area contributed by atoms with Gasteiger partial charge in [-0.25, -0.2) is 4.39 Å². The molecule has 1 unspecified atom stereocenters. The van der Waals surface area contributed by atoms with Crippen LogP contribution < -0.4 is 0 Å². The molecule has 1 amide bonds. The van der Waals surface area contributed by atoms with E-state index in [1.54, 1.807) is 0 Å². The first-order valence-corrected chi connectivity index (χ1v) is 8.83. The summed E-state index contributed by atoms with van der Waals surface area (Å²) in [5.41, 5.74) is 1.20. The van der Waals surface area contributed by atoms with Crippen molar-refractivity contribution >= 4 is 5.91 Å². The molecule has 0 saturated carbocycles. The summed E-state index contributed by atoms with van der Waals surface area (Å²) in [5.74, 6) is 0.990. The molecule has 0 spiro atoms. The fourth-order valence-electron chi connectivity index (χ4n) is 3.94. The summed E-state index contributed by atoms with van der Waals surface area (Å²) in [7, 11) is 2.11. The van der Waals surface area contributed by atoms with Crippen LogP contribution in [-0.4, -0.2) is 48.9 Å². The smallest absolute Gasteiger partial charge is 0.226 e. The van der Waals surface area contributed by atoms with E-state index >= 15 is 0 Å². The van der Waals surface area contributed by atoms with E-state index in [4.69, 9.17) is 0 Å². The normalized spacial score (nSPS) is 23.9. The van der Waals surface area contributed by atoms with Crippen molar-refractivity contribution in [3.8, 4) is 0 Å². The molecule has 0 bridgehead atoms. The predicted octanol–water partition coefficient (Wildman–Crippen LogP) is 2.95. The summed E-state index contributed by atoms with van der Waals surface area (Å²) in [6.45, 7) is 3.79. The van der Waals surface area contributed by atoms with Gasteiger partial charge in [0, 0.05) is 19.6 Å². The number of amides is 1. The fourth-order valence-corrected chi connectivity index (χ4v) is 3.94. The zero-order valence-corrected chi connectivity index (χ0v) is 14.0. The summed E-state index contributed by atoms with van der Waals surface area (Å²) in [5, 5.41) is 0. The molecular weight excluding hydrogens is 291 g/mol. The van der Waals surface area contributed by atoms with Crippen LogP contribution in [0.2, 0.25) is 0 Å². The number of piperidine rings is 2. The predicted molar refractivity (Wildman–Crippen MR) is 89.6 cm³/mol. The van der Waals surface area contributed by atoms with Crippen LogP contribution in [0.5, 0.6) is 0 Å². The second-order valence-corrected chi connectivity index (χ2v) is 7.20. The molecular formula is C19H27FN2O. The summed E-state index contributed by atoms with van der Waals surface area (Å²) < 4.78 is 13.0. The molecule has 0 aromatic heterocycles. The molecule has 2 aliphatic heterocycles. The van der Waals surface area contributed by atoms with Crippen LogP contribution in [-0.2, 0) is 11.2 Å². The zero-order chi connectivity index (χ0) is 16.2. The first-order chi connectivity index (χ1) is 11.1. The number of nitrogens with zero attached hydrogens (tertiary/aromatic N) is 2. The number of halogens is 1. The van der Waals surface area contributed by atoms with E-state index in [2.05, 4.69) is 16.8 Å². The molecule has 1 aromatic rings. The number of hydrogen-bond donors (Lipinski definition) is 0. The van der Waals surface area contributed by atoms with Gasteiger partial charge in [-0.1, -0.05) is 12.1 Å². The lowest BCUT2D eigenvalue weighted by molar-refractivity contribution is -0.138. The van der Waals surface area contributed by atoms with Crippen LogP contribution in [0.3, 0.4) is 0 Å². The first kappa shape index (κ1) is 16.4. The average Bonchev–Trinajstić information content (AvgIpc) is 2.57. The number of likely N-dealkylation sites (tertiary alicyclic amines) is 2. The first-order valence-electron chi connectivity index (χ1n) is 8.83. The van der Waals surface area contributed by atoms with E-state index < -0.39 is 0 Å². The Morgan fingerprint density at radius 2 is 1.83 bits per heavy atom. The van der Waals surface area contributed by atoms with E-state index in [0.29, 0.717) is 11.8 Å². The van der Waals surface area contributed by atoms with Crippen LogP contribution in [0.15, 0.2) is 24.3 Å². The maximum absolute atomic E-state index is 13.0. The number of benzene rings is 1. The Labute approximate surface area is 138 Å². The Morgan fingerprint density at radius 1 is 1.13 bits per heavy atom. The van der Waals surface area contributed by atoms with Crippen LogP contribution in [0, 0.1) is 17.7 Å². The Kier molecular flexibility index (Phi) is 5.31. The van der Waals surface area contributed by atoms with Gasteiger partial charge in [0.1, 0.15) is 5.82 Å². The molecule has 0 aliphatic carbocycles. The van der Waals surface area contributed by atoms with Gasteiger partial charge in [0.05, 0.1) is 5.92 Å². The van der Waals surface area contributed by atoms with Gasteiger partial charge in [-0.05, 0) is 69.3 Å². The number of rotatable bonds is 3. The van der Waals surface area contributed by atoms with Gasteiger partial charge in [-0.15, -0.1) is 0 Å². The van der Waals surface area contributed by atoms with Crippen LogP contribution in [0.25, 0.3) is 0 Å². The molecule has 1 aromatic carbocycles. The van der Waals surface area contributed by atoms with Gasteiger partial charge in [0.15, 0.2) is 0 Å². The highest BCUT2D eigenvalue weighted by molar-refractivity contribution is 5.79. The topological polar surface area (TPSA) is 23.6 Å². The molecule has 4 heteroatoms. The Bertz CT molecular complexity index is 523. The van der Waals surface area contributed by atoms with E-state index in [9.17, 15) is 9.18 Å². The Morgan fingerprint density at radius 3 is 2.48 bits per heavy atom. The van der Waals surface area contributed by atoms with Gasteiger partial charge in [-0.2, -0.15) is 0 Å². The summed E-state index contributed by atoms with van der Waals surface area (Å²) >= 11 is 0. The van der Waals surface area contributed by atoms with Gasteiger partial charge in [-0.3, -0.25) is 4.79 Å². The maximum atomic E-state index is 13.0. The molecule has 2 heterocycles. The lowest BCUT2D eigenvalue weighted by atomic mass is 9.89. The van der Waals surface area contributed by atoms with Gasteiger partial charge < -0.3 is 9.80 Å². The SMILES string of the molecule is CN1CCCC(C(=O)N2CCC(Cc3ccc(F)cc3)CC2)C1.